The number of ketones is 1. The largest absolute Gasteiger partial charge is 0.487 e. The van der Waals surface area contributed by atoms with Crippen LogP contribution in [0.4, 0.5) is 0 Å². The van der Waals surface area contributed by atoms with Crippen molar-refractivity contribution in [3.63, 3.8) is 0 Å². The number of ether oxygens (including phenoxy) is 1. The summed E-state index contributed by atoms with van der Waals surface area (Å²) >= 11 is 6.04. The minimum absolute atomic E-state index is 0.103. The van der Waals surface area contributed by atoms with Crippen LogP contribution in [0.2, 0.25) is 5.02 Å². The van der Waals surface area contributed by atoms with E-state index in [0.717, 1.165) is 44.7 Å². The van der Waals surface area contributed by atoms with Crippen LogP contribution in [0, 0.1) is 0 Å². The zero-order valence-corrected chi connectivity index (χ0v) is 18.3. The number of Topliss-reactive ketones (excluding diaryl/α,β-unsaturated/α-hetero) is 1. The second-order valence-electron chi connectivity index (χ2n) is 7.82. The van der Waals surface area contributed by atoms with Gasteiger partial charge in [-0.05, 0) is 47.5 Å². The zero-order chi connectivity index (χ0) is 22.1. The molecule has 1 aliphatic heterocycles. The highest BCUT2D eigenvalue weighted by molar-refractivity contribution is 6.32. The summed E-state index contributed by atoms with van der Waals surface area (Å²) in [7, 11) is 1.93. The quantitative estimate of drug-likeness (QED) is 0.390. The van der Waals surface area contributed by atoms with Crippen molar-refractivity contribution in [3.05, 3.63) is 107 Å². The van der Waals surface area contributed by atoms with Gasteiger partial charge < -0.3 is 9.64 Å². The molecule has 1 aliphatic rings. The molecule has 0 radical (unpaired) electrons. The van der Waals surface area contributed by atoms with Gasteiger partial charge in [-0.15, -0.1) is 0 Å². The average Bonchev–Trinajstić information content (AvgIpc) is 3.12. The molecule has 0 aliphatic carbocycles. The maximum absolute atomic E-state index is 12.8. The maximum atomic E-state index is 12.8. The van der Waals surface area contributed by atoms with E-state index >= 15 is 0 Å². The van der Waals surface area contributed by atoms with Crippen molar-refractivity contribution >= 4 is 39.6 Å². The molecule has 0 spiro atoms. The lowest BCUT2D eigenvalue weighted by Crippen LogP contribution is -2.15. The number of para-hydroxylation sites is 1. The van der Waals surface area contributed by atoms with Crippen LogP contribution in [0.15, 0.2) is 84.9 Å². The molecule has 4 aromatic rings. The smallest absolute Gasteiger partial charge is 0.184 e. The lowest BCUT2D eigenvalue weighted by Gasteiger charge is -2.16. The first-order valence-corrected chi connectivity index (χ1v) is 10.8. The molecular formula is C27H21ClN2O2. The van der Waals surface area contributed by atoms with E-state index in [-0.39, 0.29) is 5.78 Å². The molecule has 0 amide bonds. The minimum atomic E-state index is 0.103. The number of hydrogen-bond donors (Lipinski definition) is 0. The first-order chi connectivity index (χ1) is 15.6. The van der Waals surface area contributed by atoms with Crippen molar-refractivity contribution in [2.45, 2.75) is 6.61 Å². The molecule has 158 valence electrons. The number of benzene rings is 3. The Hall–Kier alpha value is -3.63. The molecule has 1 aromatic heterocycles. The molecule has 5 heteroatoms. The number of carbonyl (C=O) groups excluding carboxylic acids is 1. The Balaban J connectivity index is 1.38. The van der Waals surface area contributed by atoms with Gasteiger partial charge in [-0.1, -0.05) is 60.1 Å². The van der Waals surface area contributed by atoms with E-state index in [4.69, 9.17) is 16.3 Å². The summed E-state index contributed by atoms with van der Waals surface area (Å²) in [5.74, 6) is 0.836. The molecule has 32 heavy (non-hydrogen) atoms. The van der Waals surface area contributed by atoms with Crippen LogP contribution in [0.3, 0.4) is 0 Å². The molecule has 0 saturated heterocycles. The molecule has 0 saturated carbocycles. The lowest BCUT2D eigenvalue weighted by molar-refractivity contribution is -0.113. The molecular weight excluding hydrogens is 420 g/mol. The molecule has 0 unspecified atom stereocenters. The zero-order valence-electron chi connectivity index (χ0n) is 17.6. The van der Waals surface area contributed by atoms with Gasteiger partial charge in [0.2, 0.25) is 0 Å². The van der Waals surface area contributed by atoms with E-state index in [1.165, 1.54) is 0 Å². The van der Waals surface area contributed by atoms with Gasteiger partial charge in [0.15, 0.2) is 5.78 Å². The maximum Gasteiger partial charge on any atom is 0.184 e. The monoisotopic (exact) mass is 440 g/mol. The van der Waals surface area contributed by atoms with Crippen molar-refractivity contribution < 1.29 is 9.53 Å². The fourth-order valence-corrected chi connectivity index (χ4v) is 4.16. The third-order valence-corrected chi connectivity index (χ3v) is 5.83. The number of halogens is 1. The van der Waals surface area contributed by atoms with Crippen LogP contribution in [0.5, 0.6) is 5.75 Å². The van der Waals surface area contributed by atoms with Crippen LogP contribution < -0.4 is 4.74 Å². The van der Waals surface area contributed by atoms with E-state index in [1.54, 1.807) is 0 Å². The van der Waals surface area contributed by atoms with Crippen LogP contribution >= 0.6 is 11.6 Å². The average molecular weight is 441 g/mol. The van der Waals surface area contributed by atoms with Crippen LogP contribution in [-0.2, 0) is 11.4 Å². The van der Waals surface area contributed by atoms with Crippen molar-refractivity contribution in [1.29, 1.82) is 0 Å². The van der Waals surface area contributed by atoms with Crippen LogP contribution in [0.1, 0.15) is 16.8 Å². The van der Waals surface area contributed by atoms with Gasteiger partial charge in [0, 0.05) is 17.5 Å². The van der Waals surface area contributed by atoms with E-state index in [9.17, 15) is 4.79 Å². The van der Waals surface area contributed by atoms with Crippen LogP contribution in [0.25, 0.3) is 22.2 Å². The summed E-state index contributed by atoms with van der Waals surface area (Å²) in [5.41, 5.74) is 5.31. The summed E-state index contributed by atoms with van der Waals surface area (Å²) in [6.07, 6.45) is 0. The van der Waals surface area contributed by atoms with E-state index in [0.29, 0.717) is 18.2 Å². The van der Waals surface area contributed by atoms with Crippen molar-refractivity contribution in [3.8, 4) is 5.75 Å². The number of fused-ring (bicyclic) bond motifs is 1. The number of likely N-dealkylation sites (N-methyl/N-ethyl adjacent to an activating group) is 1. The Kier molecular flexibility index (Phi) is 5.38. The van der Waals surface area contributed by atoms with Gasteiger partial charge in [0.1, 0.15) is 12.4 Å². The predicted molar refractivity (Wildman–Crippen MR) is 128 cm³/mol. The Morgan fingerprint density at radius 1 is 0.906 bits per heavy atom. The Labute approximate surface area is 191 Å². The van der Waals surface area contributed by atoms with Gasteiger partial charge in [-0.2, -0.15) is 0 Å². The van der Waals surface area contributed by atoms with E-state index in [1.807, 2.05) is 90.8 Å². The van der Waals surface area contributed by atoms with Gasteiger partial charge in [-0.3, -0.25) is 4.79 Å². The second kappa shape index (κ2) is 8.48. The number of carbonyl (C=O) groups is 1. The third kappa shape index (κ3) is 3.97. The van der Waals surface area contributed by atoms with Gasteiger partial charge in [-0.25, -0.2) is 4.98 Å². The van der Waals surface area contributed by atoms with Crippen molar-refractivity contribution in [2.75, 3.05) is 13.6 Å². The summed E-state index contributed by atoms with van der Waals surface area (Å²) in [6, 6.07) is 27.3. The molecule has 4 nitrogen and oxygen atoms in total. The third-order valence-electron chi connectivity index (χ3n) is 5.58. The number of aromatic nitrogens is 1. The van der Waals surface area contributed by atoms with E-state index in [2.05, 4.69) is 11.1 Å². The molecule has 0 N–H and O–H groups in total. The molecule has 5 rings (SSSR count). The van der Waals surface area contributed by atoms with E-state index < -0.39 is 0 Å². The molecule has 3 aromatic carbocycles. The number of pyridine rings is 1. The summed E-state index contributed by atoms with van der Waals surface area (Å²) in [5, 5.41) is 1.78. The summed E-state index contributed by atoms with van der Waals surface area (Å²) in [4.78, 5) is 19.4. The summed E-state index contributed by atoms with van der Waals surface area (Å²) in [6.45, 7) is 0.740. The van der Waals surface area contributed by atoms with Crippen LogP contribution in [-0.4, -0.2) is 29.3 Å². The fourth-order valence-electron chi connectivity index (χ4n) is 4.03. The highest BCUT2D eigenvalue weighted by atomic mass is 35.5. The molecule has 0 fully saturated rings. The summed E-state index contributed by atoms with van der Waals surface area (Å²) < 4.78 is 5.94. The molecule has 0 atom stereocenters. The number of hydrogen-bond acceptors (Lipinski definition) is 4. The topological polar surface area (TPSA) is 42.4 Å². The minimum Gasteiger partial charge on any atom is -0.487 e. The molecule has 0 bridgehead atoms. The van der Waals surface area contributed by atoms with Gasteiger partial charge in [0.25, 0.3) is 0 Å². The standard InChI is InChI=1S/C27H21ClN2O2/c1-30-16-25(31)26(27(30)20-6-11-21(28)12-7-20)19-9-14-23(15-10-19)32-17-22-13-8-18-4-2-3-5-24(18)29-22/h2-15H,16-17H2,1H3. The Morgan fingerprint density at radius 3 is 2.41 bits per heavy atom. The first kappa shape index (κ1) is 20.3. The van der Waals surface area contributed by atoms with Crippen molar-refractivity contribution in [1.82, 2.24) is 9.88 Å². The van der Waals surface area contributed by atoms with Gasteiger partial charge in [0.05, 0.1) is 29.0 Å². The van der Waals surface area contributed by atoms with Gasteiger partial charge >= 0.3 is 0 Å². The predicted octanol–water partition coefficient (Wildman–Crippen LogP) is 5.85. The SMILES string of the molecule is CN1CC(=O)C(c2ccc(OCc3ccc4ccccc4n3)cc2)=C1c1ccc(Cl)cc1. The first-order valence-electron chi connectivity index (χ1n) is 10.4. The highest BCUT2D eigenvalue weighted by Crippen LogP contribution is 2.35. The Morgan fingerprint density at radius 2 is 1.62 bits per heavy atom. The highest BCUT2D eigenvalue weighted by Gasteiger charge is 2.29. The van der Waals surface area contributed by atoms with Crippen molar-refractivity contribution in [2.24, 2.45) is 0 Å². The normalized spacial score (nSPS) is 13.8. The fraction of sp³-hybridized carbons (Fsp3) is 0.111. The number of nitrogens with zero attached hydrogens (tertiary/aromatic N) is 2. The second-order valence-corrected chi connectivity index (χ2v) is 8.25. The lowest BCUT2D eigenvalue weighted by atomic mass is 9.99. The Bertz CT molecular complexity index is 1330. The molecule has 2 heterocycles. The number of rotatable bonds is 5.